The first kappa shape index (κ1) is 19.5. The van der Waals surface area contributed by atoms with Crippen molar-refractivity contribution in [2.75, 3.05) is 26.0 Å². The minimum atomic E-state index is -3.28. The van der Waals surface area contributed by atoms with E-state index in [9.17, 15) is 8.42 Å². The molecule has 1 fully saturated rings. The molecule has 3 aliphatic heterocycles. The number of sulfone groups is 1. The van der Waals surface area contributed by atoms with E-state index in [1.54, 1.807) is 25.1 Å². The van der Waals surface area contributed by atoms with Crippen LogP contribution in [0.4, 0.5) is 0 Å². The van der Waals surface area contributed by atoms with Gasteiger partial charge in [-0.15, -0.1) is 0 Å². The Morgan fingerprint density at radius 2 is 2.10 bits per heavy atom. The molecule has 0 amide bonds. The fraction of sp³-hybridized carbons (Fsp3) is 0.478. The third kappa shape index (κ3) is 3.29. The Labute approximate surface area is 178 Å². The second-order valence-corrected chi connectivity index (χ2v) is 10.9. The maximum absolute atomic E-state index is 12.4. The van der Waals surface area contributed by atoms with Gasteiger partial charge in [-0.05, 0) is 49.1 Å². The Kier molecular flexibility index (Phi) is 4.61. The second kappa shape index (κ2) is 7.08. The molecule has 1 aromatic rings. The van der Waals surface area contributed by atoms with E-state index in [2.05, 4.69) is 17.2 Å². The highest BCUT2D eigenvalue weighted by Crippen LogP contribution is 2.50. The molecule has 4 aliphatic rings. The number of hydrogen-bond donors (Lipinski definition) is 0. The van der Waals surface area contributed by atoms with Gasteiger partial charge >= 0.3 is 0 Å². The average molecular weight is 426 g/mol. The molecule has 0 aromatic heterocycles. The summed E-state index contributed by atoms with van der Waals surface area (Å²) in [4.78, 5) is 12.2. The zero-order valence-electron chi connectivity index (χ0n) is 17.5. The van der Waals surface area contributed by atoms with Gasteiger partial charge in [0.2, 0.25) is 0 Å². The van der Waals surface area contributed by atoms with Crippen LogP contribution in [0.25, 0.3) is 5.70 Å². The molecule has 0 radical (unpaired) electrons. The van der Waals surface area contributed by atoms with Crippen LogP contribution in [0, 0.1) is 11.3 Å². The summed E-state index contributed by atoms with van der Waals surface area (Å²) >= 11 is 0. The van der Waals surface area contributed by atoms with Gasteiger partial charge in [-0.25, -0.2) is 18.4 Å². The molecule has 1 aromatic carbocycles. The summed E-state index contributed by atoms with van der Waals surface area (Å²) in [5, 5.41) is 0. The van der Waals surface area contributed by atoms with Gasteiger partial charge in [0.05, 0.1) is 28.4 Å². The molecule has 158 valence electrons. The fourth-order valence-electron chi connectivity index (χ4n) is 4.36. The smallest absolute Gasteiger partial charge is 0.189 e. The van der Waals surface area contributed by atoms with Crippen LogP contribution in [0.15, 0.2) is 57.0 Å². The van der Waals surface area contributed by atoms with Crippen molar-refractivity contribution < 1.29 is 13.2 Å². The van der Waals surface area contributed by atoms with Crippen LogP contribution < -0.4 is 0 Å². The Hall–Kier alpha value is -2.41. The lowest BCUT2D eigenvalue weighted by Crippen LogP contribution is -2.39. The maximum Gasteiger partial charge on any atom is 0.189 e. The Morgan fingerprint density at radius 3 is 2.87 bits per heavy atom. The highest BCUT2D eigenvalue weighted by atomic mass is 32.2. The molecule has 1 aliphatic carbocycles. The summed E-state index contributed by atoms with van der Waals surface area (Å²) in [6, 6.07) is 7.16. The lowest BCUT2D eigenvalue weighted by molar-refractivity contribution is 0.271. The van der Waals surface area contributed by atoms with Gasteiger partial charge in [0.25, 0.3) is 0 Å². The minimum absolute atomic E-state index is 0.0816. The van der Waals surface area contributed by atoms with Gasteiger partial charge < -0.3 is 9.64 Å². The molecule has 1 saturated carbocycles. The van der Waals surface area contributed by atoms with Crippen LogP contribution in [-0.4, -0.2) is 51.0 Å². The molecule has 0 saturated heterocycles. The Morgan fingerprint density at radius 1 is 1.27 bits per heavy atom. The van der Waals surface area contributed by atoms with Crippen molar-refractivity contribution in [3.05, 3.63) is 47.7 Å². The van der Waals surface area contributed by atoms with Gasteiger partial charge in [0, 0.05) is 25.6 Å². The molecular weight excluding hydrogens is 398 g/mol. The van der Waals surface area contributed by atoms with Crippen LogP contribution in [0.3, 0.4) is 0 Å². The third-order valence-corrected chi connectivity index (χ3v) is 8.19. The standard InChI is InChI=1S/C23H27N3O3S/c1-3-30(27,28)18-6-4-5-17(13-18)21-19-14-26(2)12-11-23(19)10-9-20(24-22(23)25-21)29-15-16-7-8-16/h4-6,11-13,16H,3,7-10,14-15H2,1-2H3. The molecule has 0 bridgehead atoms. The van der Waals surface area contributed by atoms with E-state index in [1.807, 2.05) is 13.1 Å². The molecule has 30 heavy (non-hydrogen) atoms. The van der Waals surface area contributed by atoms with Crippen molar-refractivity contribution in [3.8, 4) is 0 Å². The van der Waals surface area contributed by atoms with Crippen LogP contribution in [0.5, 0.6) is 0 Å². The number of hydrogen-bond acceptors (Lipinski definition) is 6. The summed E-state index contributed by atoms with van der Waals surface area (Å²) in [5.74, 6) is 2.32. The summed E-state index contributed by atoms with van der Waals surface area (Å²) in [6.07, 6.45) is 8.48. The van der Waals surface area contributed by atoms with E-state index in [4.69, 9.17) is 14.7 Å². The number of aliphatic imine (C=N–C) groups is 2. The Bertz CT molecular complexity index is 1110. The van der Waals surface area contributed by atoms with Crippen LogP contribution in [0.2, 0.25) is 0 Å². The molecular formula is C23H27N3O3S. The second-order valence-electron chi connectivity index (χ2n) is 8.66. The van der Waals surface area contributed by atoms with Gasteiger partial charge in [0.1, 0.15) is 5.84 Å². The van der Waals surface area contributed by atoms with Crippen molar-refractivity contribution in [1.82, 2.24) is 4.90 Å². The normalized spacial score (nSPS) is 25.6. The molecule has 1 atom stereocenters. The van der Waals surface area contributed by atoms with Gasteiger partial charge in [0.15, 0.2) is 15.7 Å². The van der Waals surface area contributed by atoms with E-state index in [-0.39, 0.29) is 11.2 Å². The number of ether oxygens (including phenoxy) is 1. The monoisotopic (exact) mass is 425 g/mol. The van der Waals surface area contributed by atoms with Crippen molar-refractivity contribution in [2.45, 2.75) is 37.5 Å². The molecule has 3 heterocycles. The molecule has 5 rings (SSSR count). The largest absolute Gasteiger partial charge is 0.480 e. The number of likely N-dealkylation sites (N-methyl/N-ethyl adjacent to an activating group) is 1. The van der Waals surface area contributed by atoms with Crippen molar-refractivity contribution >= 4 is 27.3 Å². The van der Waals surface area contributed by atoms with Gasteiger partial charge in [-0.3, -0.25) is 0 Å². The maximum atomic E-state index is 12.4. The number of amidine groups is 1. The molecule has 0 N–H and O–H groups in total. The van der Waals surface area contributed by atoms with E-state index in [0.717, 1.165) is 49.0 Å². The molecule has 1 unspecified atom stereocenters. The summed E-state index contributed by atoms with van der Waals surface area (Å²) in [6.45, 7) is 3.17. The summed E-state index contributed by atoms with van der Waals surface area (Å²) < 4.78 is 30.8. The summed E-state index contributed by atoms with van der Waals surface area (Å²) in [7, 11) is -1.24. The first-order valence-corrected chi connectivity index (χ1v) is 12.3. The van der Waals surface area contributed by atoms with Gasteiger partial charge in [-0.2, -0.15) is 0 Å². The summed E-state index contributed by atoms with van der Waals surface area (Å²) in [5.41, 5.74) is 2.56. The minimum Gasteiger partial charge on any atom is -0.480 e. The van der Waals surface area contributed by atoms with E-state index < -0.39 is 9.84 Å². The number of nitrogens with zero attached hydrogens (tertiary/aromatic N) is 3. The van der Waals surface area contributed by atoms with Crippen LogP contribution in [-0.2, 0) is 14.6 Å². The molecule has 1 spiro atoms. The average Bonchev–Trinajstić information content (AvgIpc) is 3.53. The van der Waals surface area contributed by atoms with Crippen molar-refractivity contribution in [3.63, 3.8) is 0 Å². The lowest BCUT2D eigenvalue weighted by atomic mass is 9.72. The zero-order valence-corrected chi connectivity index (χ0v) is 18.3. The van der Waals surface area contributed by atoms with Crippen LogP contribution in [0.1, 0.15) is 38.2 Å². The van der Waals surface area contributed by atoms with E-state index >= 15 is 0 Å². The predicted molar refractivity (Wildman–Crippen MR) is 118 cm³/mol. The number of benzene rings is 1. The number of rotatable bonds is 5. The topological polar surface area (TPSA) is 71.3 Å². The zero-order chi connectivity index (χ0) is 20.9. The lowest BCUT2D eigenvalue weighted by Gasteiger charge is -2.38. The van der Waals surface area contributed by atoms with Gasteiger partial charge in [-0.1, -0.05) is 25.1 Å². The fourth-order valence-corrected chi connectivity index (χ4v) is 5.29. The first-order chi connectivity index (χ1) is 14.4. The van der Waals surface area contributed by atoms with E-state index in [1.165, 1.54) is 18.4 Å². The Balaban J connectivity index is 1.57. The van der Waals surface area contributed by atoms with Crippen molar-refractivity contribution in [1.29, 1.82) is 0 Å². The van der Waals surface area contributed by atoms with Crippen LogP contribution >= 0.6 is 0 Å². The van der Waals surface area contributed by atoms with Crippen molar-refractivity contribution in [2.24, 2.45) is 21.3 Å². The molecule has 6 nitrogen and oxygen atoms in total. The molecule has 7 heteroatoms. The van der Waals surface area contributed by atoms with E-state index in [0.29, 0.717) is 10.8 Å². The quantitative estimate of drug-likeness (QED) is 0.722. The predicted octanol–water partition coefficient (Wildman–Crippen LogP) is 3.67. The highest BCUT2D eigenvalue weighted by Gasteiger charge is 2.48. The SMILES string of the molecule is CCS(=O)(=O)c1cccc(C2=C3CN(C)C=CC34CCC(OCC3CC3)=NC4=N2)c1. The highest BCUT2D eigenvalue weighted by molar-refractivity contribution is 7.91. The first-order valence-electron chi connectivity index (χ1n) is 10.7. The third-order valence-electron chi connectivity index (χ3n) is 6.46.